The number of fused-ring (bicyclic) bond motifs is 12. The molecule has 15 heteroatoms. The van der Waals surface area contributed by atoms with E-state index < -0.39 is 46.2 Å². The number of ether oxygens (including phenoxy) is 12. The van der Waals surface area contributed by atoms with Gasteiger partial charge < -0.3 is 61.9 Å². The largest absolute Gasteiger partial charge is 0.458 e. The molecule has 11 aliphatic rings. The van der Waals surface area contributed by atoms with Gasteiger partial charge in [0.1, 0.15) is 30.5 Å². The van der Waals surface area contributed by atoms with E-state index in [0.29, 0.717) is 68.9 Å². The SMILES string of the molecule is C=C(COC(=O)c1c2ccccc2cc2ccccc12)C[C@@H]1C[C@H](O)[C@]2(C)O[C@@H]3C[C@@H]4O[C@@H]5C[C@]6(C)O[C@]7(C)CC[C@@H]8OC9C[C@]%10(C)O[C@@H]%11C(C)=CC(=O)OC%11CC%10OC9C[C@@H](C)C8OC7CC6O[C@@]5(C)CC=CC4OC3CC2O1. The average Bonchev–Trinajstić information content (AvgIpc) is 3.76. The first kappa shape index (κ1) is 53.9. The summed E-state index contributed by atoms with van der Waals surface area (Å²) in [5.74, 6) is -0.562. The lowest BCUT2D eigenvalue weighted by molar-refractivity contribution is -0.356. The van der Waals surface area contributed by atoms with E-state index in [4.69, 9.17) is 56.8 Å². The first-order chi connectivity index (χ1) is 38.2. The van der Waals surface area contributed by atoms with Crippen molar-refractivity contribution in [1.29, 1.82) is 0 Å². The molecule has 15 nitrogen and oxygen atoms in total. The van der Waals surface area contributed by atoms with E-state index in [1.807, 2.05) is 62.4 Å². The molecule has 0 bridgehead atoms. The molecule has 0 saturated carbocycles. The summed E-state index contributed by atoms with van der Waals surface area (Å²) in [4.78, 5) is 26.1. The molecular weight excluding hydrogens is 1020 g/mol. The van der Waals surface area contributed by atoms with E-state index in [1.165, 1.54) is 0 Å². The molecule has 1 N–H and O–H groups in total. The van der Waals surface area contributed by atoms with Gasteiger partial charge in [-0.15, -0.1) is 0 Å². The molecule has 0 aliphatic carbocycles. The smallest absolute Gasteiger partial charge is 0.339 e. The van der Waals surface area contributed by atoms with Crippen molar-refractivity contribution in [3.05, 3.63) is 96.1 Å². The van der Waals surface area contributed by atoms with Crippen molar-refractivity contribution in [2.75, 3.05) is 6.61 Å². The Balaban J connectivity index is 0.615. The number of benzene rings is 3. The number of carbonyl (C=O) groups is 2. The first-order valence-corrected chi connectivity index (χ1v) is 29.9. The number of aliphatic hydroxyl groups excluding tert-OH is 1. The van der Waals surface area contributed by atoms with Crippen LogP contribution in [0.2, 0.25) is 0 Å². The fourth-order valence-electron chi connectivity index (χ4n) is 16.5. The van der Waals surface area contributed by atoms with Crippen molar-refractivity contribution >= 4 is 33.5 Å². The van der Waals surface area contributed by atoms with E-state index in [1.54, 1.807) is 6.08 Å². The fourth-order valence-corrected chi connectivity index (χ4v) is 16.5. The lowest BCUT2D eigenvalue weighted by Crippen LogP contribution is -2.70. The molecule has 3 aromatic carbocycles. The molecule has 430 valence electrons. The number of hydrogen-bond acceptors (Lipinski definition) is 15. The number of hydrogen-bond donors (Lipinski definition) is 1. The molecule has 80 heavy (non-hydrogen) atoms. The second kappa shape index (κ2) is 19.8. The van der Waals surface area contributed by atoms with E-state index in [9.17, 15) is 14.7 Å². The summed E-state index contributed by atoms with van der Waals surface area (Å²) >= 11 is 0. The molecule has 11 aliphatic heterocycles. The number of rotatable bonds is 5. The predicted molar refractivity (Wildman–Crippen MR) is 294 cm³/mol. The summed E-state index contributed by atoms with van der Waals surface area (Å²) in [6.07, 6.45) is 8.31. The molecule has 0 spiro atoms. The zero-order chi connectivity index (χ0) is 55.3. The van der Waals surface area contributed by atoms with E-state index in [-0.39, 0.29) is 110 Å². The van der Waals surface area contributed by atoms with Crippen LogP contribution in [-0.2, 0) is 61.6 Å². The minimum absolute atomic E-state index is 0.0345. The molecule has 9 saturated heterocycles. The van der Waals surface area contributed by atoms with Crippen LogP contribution in [0.4, 0.5) is 0 Å². The van der Waals surface area contributed by atoms with Gasteiger partial charge >= 0.3 is 11.9 Å². The highest BCUT2D eigenvalue weighted by atomic mass is 16.7. The topological polar surface area (TPSA) is 165 Å². The lowest BCUT2D eigenvalue weighted by Gasteiger charge is -2.60. The zero-order valence-electron chi connectivity index (χ0n) is 47.4. The molecule has 0 radical (unpaired) electrons. The van der Waals surface area contributed by atoms with Crippen LogP contribution in [0.5, 0.6) is 0 Å². The van der Waals surface area contributed by atoms with Crippen molar-refractivity contribution in [1.82, 2.24) is 0 Å². The van der Waals surface area contributed by atoms with Crippen LogP contribution in [0.1, 0.15) is 136 Å². The fraction of sp³-hybridized carbons (Fsp3) is 0.662. The molecule has 23 atom stereocenters. The Kier molecular flexibility index (Phi) is 13.3. The number of carbonyl (C=O) groups excluding carboxylic acids is 2. The maximum Gasteiger partial charge on any atom is 0.339 e. The van der Waals surface area contributed by atoms with E-state index in [2.05, 4.69) is 59.4 Å². The lowest BCUT2D eigenvalue weighted by atomic mass is 9.72. The second-order valence-corrected chi connectivity index (χ2v) is 26.9. The van der Waals surface area contributed by atoms with Crippen LogP contribution in [0.25, 0.3) is 21.5 Å². The monoisotopic (exact) mass is 1100 g/mol. The molecule has 0 amide bonds. The molecule has 0 aromatic heterocycles. The van der Waals surface area contributed by atoms with Crippen LogP contribution in [0.15, 0.2) is 90.6 Å². The maximum absolute atomic E-state index is 13.8. The van der Waals surface area contributed by atoms with Crippen molar-refractivity contribution in [2.24, 2.45) is 5.92 Å². The summed E-state index contributed by atoms with van der Waals surface area (Å²) in [5.41, 5.74) is -1.31. The Morgan fingerprint density at radius 2 is 1.41 bits per heavy atom. The predicted octanol–water partition coefficient (Wildman–Crippen LogP) is 9.44. The van der Waals surface area contributed by atoms with Gasteiger partial charge in [-0.05, 0) is 118 Å². The molecule has 3 aromatic rings. The Bertz CT molecular complexity index is 2960. The first-order valence-electron chi connectivity index (χ1n) is 29.9. The van der Waals surface area contributed by atoms with Crippen molar-refractivity contribution in [2.45, 2.75) is 257 Å². The van der Waals surface area contributed by atoms with Crippen LogP contribution >= 0.6 is 0 Å². The van der Waals surface area contributed by atoms with E-state index >= 15 is 0 Å². The van der Waals surface area contributed by atoms with Gasteiger partial charge in [0.05, 0.1) is 113 Å². The highest BCUT2D eigenvalue weighted by molar-refractivity contribution is 6.16. The van der Waals surface area contributed by atoms with Gasteiger partial charge in [0, 0.05) is 51.0 Å². The Hall–Kier alpha value is -4.10. The number of aliphatic hydroxyl groups is 1. The van der Waals surface area contributed by atoms with Crippen LogP contribution < -0.4 is 0 Å². The average molecular weight is 1100 g/mol. The van der Waals surface area contributed by atoms with Crippen molar-refractivity contribution in [3.8, 4) is 0 Å². The van der Waals surface area contributed by atoms with Gasteiger partial charge in [0.25, 0.3) is 0 Å². The van der Waals surface area contributed by atoms with E-state index in [0.717, 1.165) is 46.4 Å². The molecule has 9 fully saturated rings. The van der Waals surface area contributed by atoms with Gasteiger partial charge in [-0.3, -0.25) is 0 Å². The van der Waals surface area contributed by atoms with Crippen molar-refractivity contribution < 1.29 is 71.5 Å². The summed E-state index contributed by atoms with van der Waals surface area (Å²) < 4.78 is 82.6. The minimum Gasteiger partial charge on any atom is -0.458 e. The second-order valence-electron chi connectivity index (χ2n) is 26.9. The van der Waals surface area contributed by atoms with Gasteiger partial charge in [-0.2, -0.15) is 0 Å². The maximum atomic E-state index is 13.8. The van der Waals surface area contributed by atoms with Crippen molar-refractivity contribution in [3.63, 3.8) is 0 Å². The Morgan fingerprint density at radius 3 is 2.20 bits per heavy atom. The highest BCUT2D eigenvalue weighted by Crippen LogP contribution is 2.55. The molecular formula is C65H80O15. The third-order valence-electron chi connectivity index (χ3n) is 21.0. The Labute approximate surface area is 469 Å². The highest BCUT2D eigenvalue weighted by Gasteiger charge is 2.64. The molecule has 11 heterocycles. The van der Waals surface area contributed by atoms with Crippen LogP contribution in [-0.4, -0.2) is 155 Å². The standard InChI is InChI=1S/C65H80O15/c1-34(33-69-60(68)57-40-16-11-9-14-37(40)25-38-15-10-12-17-41(38)57)22-39-26-50(66)65(8)54(70-39)28-46-47(77-65)27-45-42(71-46)18-13-20-61(4)55(74-45)32-64(7)53(78-61)30-52-62(5,80-64)21-19-43-58(76-52)35(2)23-44-49(72-43)31-63(6)51(73-44)29-48-59(79-63)36(3)24-56(67)75-48/h9-18,24-25,35,39,42-55,58-59,66H,1,19-23,26-33H2,2-8H3/t35-,39-,42?,43+,44?,45+,46?,47-,48?,49?,50+,51?,52?,53?,54?,55-,58?,59-,61+,62-,63+,64+,65+/m1/s1. The van der Waals surface area contributed by atoms with Gasteiger partial charge in [0.15, 0.2) is 0 Å². The molecule has 14 rings (SSSR count). The Morgan fingerprint density at radius 1 is 0.688 bits per heavy atom. The summed E-state index contributed by atoms with van der Waals surface area (Å²) in [6, 6.07) is 17.8. The summed E-state index contributed by atoms with van der Waals surface area (Å²) in [6.45, 7) is 19.2. The third-order valence-corrected chi connectivity index (χ3v) is 21.0. The van der Waals surface area contributed by atoms with Gasteiger partial charge in [-0.1, -0.05) is 74.2 Å². The normalized spacial score (nSPS) is 47.5. The third kappa shape index (κ3) is 9.17. The summed E-state index contributed by atoms with van der Waals surface area (Å²) in [7, 11) is 0. The van der Waals surface area contributed by atoms with Gasteiger partial charge in [-0.25, -0.2) is 9.59 Å². The summed E-state index contributed by atoms with van der Waals surface area (Å²) in [5, 5.41) is 15.6. The van der Waals surface area contributed by atoms with Gasteiger partial charge in [0.2, 0.25) is 0 Å². The van der Waals surface area contributed by atoms with Crippen LogP contribution in [0.3, 0.4) is 0 Å². The molecule has 10 unspecified atom stereocenters. The quantitative estimate of drug-likeness (QED) is 0.146. The zero-order valence-corrected chi connectivity index (χ0v) is 47.4. The minimum atomic E-state index is -0.966. The number of esters is 2. The van der Waals surface area contributed by atoms with Crippen LogP contribution in [0, 0.1) is 5.92 Å².